The molecular weight excluding hydrogens is 162 g/mol. The number of carbonyl (C=O) groups excluding carboxylic acids is 1. The predicted molar refractivity (Wildman–Crippen MR) is 54.4 cm³/mol. The van der Waals surface area contributed by atoms with E-state index in [9.17, 15) is 4.79 Å². The van der Waals surface area contributed by atoms with Gasteiger partial charge in [-0.2, -0.15) is 0 Å². The van der Waals surface area contributed by atoms with E-state index < -0.39 is 0 Å². The van der Waals surface area contributed by atoms with Crippen LogP contribution in [0.4, 0.5) is 0 Å². The molecule has 0 radical (unpaired) electrons. The number of hydrogen-bond acceptors (Lipinski definition) is 1. The van der Waals surface area contributed by atoms with Crippen LogP contribution in [-0.2, 0) is 4.79 Å². The number of quaternary nitrogens is 1. The number of likely N-dealkylation sites (tertiary alicyclic amines) is 1. The smallest absolute Gasteiger partial charge is 0.147 e. The molecule has 74 valence electrons. The fourth-order valence-electron chi connectivity index (χ4n) is 2.17. The van der Waals surface area contributed by atoms with Crippen molar-refractivity contribution in [1.29, 1.82) is 0 Å². The van der Waals surface area contributed by atoms with Gasteiger partial charge < -0.3 is 4.48 Å². The van der Waals surface area contributed by atoms with Gasteiger partial charge in [-0.1, -0.05) is 13.5 Å². The van der Waals surface area contributed by atoms with E-state index in [4.69, 9.17) is 0 Å². The second-order valence-corrected chi connectivity index (χ2v) is 4.55. The van der Waals surface area contributed by atoms with Crippen LogP contribution in [-0.4, -0.2) is 36.4 Å². The lowest BCUT2D eigenvalue weighted by Crippen LogP contribution is -2.58. The number of carbonyl (C=O) groups is 1. The molecule has 0 bridgehead atoms. The molecule has 1 saturated heterocycles. The van der Waals surface area contributed by atoms with E-state index in [1.807, 2.05) is 13.0 Å². The second kappa shape index (κ2) is 3.62. The van der Waals surface area contributed by atoms with E-state index in [1.165, 1.54) is 0 Å². The molecule has 3 atom stereocenters. The third kappa shape index (κ3) is 1.99. The number of piperidine rings is 1. The number of likely N-dealkylation sites (N-methyl/N-ethyl adjacent to an activating group) is 1. The van der Waals surface area contributed by atoms with Crippen LogP contribution in [0.3, 0.4) is 0 Å². The van der Waals surface area contributed by atoms with Gasteiger partial charge in [0.2, 0.25) is 0 Å². The van der Waals surface area contributed by atoms with E-state index in [-0.39, 0.29) is 5.92 Å². The minimum Gasteiger partial charge on any atom is -0.320 e. The van der Waals surface area contributed by atoms with Crippen molar-refractivity contribution < 1.29 is 9.28 Å². The summed E-state index contributed by atoms with van der Waals surface area (Å²) in [5.74, 6) is 0.647. The first-order valence-corrected chi connectivity index (χ1v) is 4.97. The van der Waals surface area contributed by atoms with Crippen molar-refractivity contribution in [2.24, 2.45) is 5.92 Å². The summed E-state index contributed by atoms with van der Waals surface area (Å²) in [7, 11) is 2.22. The highest BCUT2D eigenvalue weighted by molar-refractivity contribution is 5.81. The van der Waals surface area contributed by atoms with Crippen molar-refractivity contribution in [3.63, 3.8) is 0 Å². The zero-order valence-electron chi connectivity index (χ0n) is 8.92. The van der Waals surface area contributed by atoms with Crippen LogP contribution in [0.5, 0.6) is 0 Å². The summed E-state index contributed by atoms with van der Waals surface area (Å²) >= 11 is 0. The fourth-order valence-corrected chi connectivity index (χ4v) is 2.17. The summed E-state index contributed by atoms with van der Waals surface area (Å²) < 4.78 is 0.969. The van der Waals surface area contributed by atoms with Gasteiger partial charge in [-0.3, -0.25) is 4.79 Å². The molecule has 0 aromatic heterocycles. The molecule has 0 N–H and O–H groups in total. The van der Waals surface area contributed by atoms with Crippen LogP contribution in [0.2, 0.25) is 0 Å². The molecule has 1 rings (SSSR count). The van der Waals surface area contributed by atoms with Crippen LogP contribution in [0, 0.1) is 5.92 Å². The maximum absolute atomic E-state index is 11.5. The average Bonchev–Trinajstić information content (AvgIpc) is 2.02. The molecule has 0 saturated carbocycles. The van der Waals surface area contributed by atoms with Crippen LogP contribution in [0.15, 0.2) is 12.7 Å². The van der Waals surface area contributed by atoms with Gasteiger partial charge in [-0.25, -0.2) is 0 Å². The van der Waals surface area contributed by atoms with E-state index >= 15 is 0 Å². The zero-order chi connectivity index (χ0) is 10.1. The van der Waals surface area contributed by atoms with Gasteiger partial charge in [-0.15, -0.1) is 0 Å². The van der Waals surface area contributed by atoms with Crippen LogP contribution >= 0.6 is 0 Å². The molecule has 1 aliphatic rings. The molecule has 0 spiro atoms. The quantitative estimate of drug-likeness (QED) is 0.468. The van der Waals surface area contributed by atoms with Crippen molar-refractivity contribution in [1.82, 2.24) is 0 Å². The van der Waals surface area contributed by atoms with Gasteiger partial charge in [-0.05, 0) is 13.0 Å². The number of hydrogen-bond donors (Lipinski definition) is 0. The van der Waals surface area contributed by atoms with E-state index in [0.29, 0.717) is 11.8 Å². The lowest BCUT2D eigenvalue weighted by molar-refractivity contribution is -0.930. The topological polar surface area (TPSA) is 17.1 Å². The van der Waals surface area contributed by atoms with Crippen LogP contribution in [0.1, 0.15) is 20.3 Å². The number of ketones is 1. The summed E-state index contributed by atoms with van der Waals surface area (Å²) in [5.41, 5.74) is 0. The van der Waals surface area contributed by atoms with E-state index in [1.54, 1.807) is 0 Å². The van der Waals surface area contributed by atoms with Gasteiger partial charge in [0.25, 0.3) is 0 Å². The van der Waals surface area contributed by atoms with Crippen molar-refractivity contribution in [3.05, 3.63) is 12.7 Å². The van der Waals surface area contributed by atoms with Crippen molar-refractivity contribution >= 4 is 5.78 Å². The first-order valence-electron chi connectivity index (χ1n) is 4.97. The Labute approximate surface area is 80.8 Å². The monoisotopic (exact) mass is 182 g/mol. The highest BCUT2D eigenvalue weighted by atomic mass is 16.1. The lowest BCUT2D eigenvalue weighted by Gasteiger charge is -2.44. The van der Waals surface area contributed by atoms with Crippen LogP contribution in [0.25, 0.3) is 0 Å². The first kappa shape index (κ1) is 10.5. The second-order valence-electron chi connectivity index (χ2n) is 4.55. The Kier molecular flexibility index (Phi) is 2.91. The van der Waals surface area contributed by atoms with E-state index in [2.05, 4.69) is 20.6 Å². The molecule has 1 aliphatic heterocycles. The molecule has 1 unspecified atom stereocenters. The maximum Gasteiger partial charge on any atom is 0.147 e. The molecule has 2 nitrogen and oxygen atoms in total. The highest BCUT2D eigenvalue weighted by Gasteiger charge is 2.38. The van der Waals surface area contributed by atoms with Gasteiger partial charge in [0.05, 0.1) is 38.5 Å². The number of nitrogens with zero attached hydrogens (tertiary/aromatic N) is 1. The number of rotatable bonds is 2. The first-order chi connectivity index (χ1) is 5.99. The molecular formula is C11H20NO+. The molecule has 0 aromatic carbocycles. The average molecular weight is 182 g/mol. The standard InChI is InChI=1S/C11H20NO/c1-5-6-12(4)8-9(2)11(13)7-10(12)3/h5,9-10H,1,6-8H2,2-4H3/q+1/t9-,10+,12?/m1/s1. The summed E-state index contributed by atoms with van der Waals surface area (Å²) in [4.78, 5) is 11.5. The Hall–Kier alpha value is -0.630. The van der Waals surface area contributed by atoms with Crippen molar-refractivity contribution in [2.45, 2.75) is 26.3 Å². The Morgan fingerprint density at radius 2 is 2.23 bits per heavy atom. The molecule has 13 heavy (non-hydrogen) atoms. The third-order valence-electron chi connectivity index (χ3n) is 3.35. The van der Waals surface area contributed by atoms with Crippen molar-refractivity contribution in [3.8, 4) is 0 Å². The SMILES string of the molecule is C=CC[N+]1(C)C[C@@H](C)C(=O)C[C@@H]1C. The molecule has 0 amide bonds. The normalized spacial score (nSPS) is 40.4. The Morgan fingerprint density at radius 3 is 2.77 bits per heavy atom. The lowest BCUT2D eigenvalue weighted by atomic mass is 9.91. The van der Waals surface area contributed by atoms with Gasteiger partial charge in [0.15, 0.2) is 0 Å². The van der Waals surface area contributed by atoms with Gasteiger partial charge in [0.1, 0.15) is 5.78 Å². The largest absolute Gasteiger partial charge is 0.320 e. The van der Waals surface area contributed by atoms with E-state index in [0.717, 1.165) is 24.0 Å². The van der Waals surface area contributed by atoms with Gasteiger partial charge >= 0.3 is 0 Å². The summed E-state index contributed by atoms with van der Waals surface area (Å²) in [6, 6.07) is 0.446. The summed E-state index contributed by atoms with van der Waals surface area (Å²) in [5, 5.41) is 0. The molecule has 2 heteroatoms. The zero-order valence-corrected chi connectivity index (χ0v) is 8.92. The minimum atomic E-state index is 0.223. The molecule has 1 heterocycles. The molecule has 0 aromatic rings. The Balaban J connectivity index is 2.75. The predicted octanol–water partition coefficient (Wildman–Crippen LogP) is 1.62. The summed E-state index contributed by atoms with van der Waals surface area (Å²) in [6.45, 7) is 9.91. The van der Waals surface area contributed by atoms with Gasteiger partial charge in [0, 0.05) is 0 Å². The highest BCUT2D eigenvalue weighted by Crippen LogP contribution is 2.24. The fraction of sp³-hybridized carbons (Fsp3) is 0.727. The third-order valence-corrected chi connectivity index (χ3v) is 3.35. The summed E-state index contributed by atoms with van der Waals surface area (Å²) in [6.07, 6.45) is 2.69. The van der Waals surface area contributed by atoms with Crippen LogP contribution < -0.4 is 0 Å². The minimum absolute atomic E-state index is 0.223. The van der Waals surface area contributed by atoms with Crippen molar-refractivity contribution in [2.75, 3.05) is 20.1 Å². The molecule has 1 fully saturated rings. The number of Topliss-reactive ketones (excluding diaryl/α,β-unsaturated/α-hetero) is 1. The molecule has 0 aliphatic carbocycles. The Bertz CT molecular complexity index is 224. The Morgan fingerprint density at radius 1 is 1.62 bits per heavy atom. The maximum atomic E-state index is 11.5.